The SMILES string of the molecule is Cc1ncsc1CN1CCCC(C(=O)O)C1. The minimum Gasteiger partial charge on any atom is -0.481 e. The van der Waals surface area contributed by atoms with E-state index in [2.05, 4.69) is 9.88 Å². The lowest BCUT2D eigenvalue weighted by Gasteiger charge is -2.30. The zero-order valence-corrected chi connectivity index (χ0v) is 10.2. The first-order chi connectivity index (χ1) is 7.66. The molecule has 1 unspecified atom stereocenters. The summed E-state index contributed by atoms with van der Waals surface area (Å²) in [5.74, 6) is -0.854. The van der Waals surface area contributed by atoms with Gasteiger partial charge >= 0.3 is 5.97 Å². The van der Waals surface area contributed by atoms with E-state index in [1.807, 2.05) is 12.4 Å². The molecule has 2 heterocycles. The average molecular weight is 240 g/mol. The molecule has 4 nitrogen and oxygen atoms in total. The Morgan fingerprint density at radius 3 is 3.19 bits per heavy atom. The van der Waals surface area contributed by atoms with Crippen LogP contribution in [0.15, 0.2) is 5.51 Å². The lowest BCUT2D eigenvalue weighted by atomic mass is 9.98. The number of hydrogen-bond acceptors (Lipinski definition) is 4. The van der Waals surface area contributed by atoms with Crippen LogP contribution in [0.1, 0.15) is 23.4 Å². The predicted octanol–water partition coefficient (Wildman–Crippen LogP) is 1.75. The van der Waals surface area contributed by atoms with Crippen molar-refractivity contribution in [2.45, 2.75) is 26.3 Å². The molecule has 1 aromatic heterocycles. The maximum atomic E-state index is 10.9. The van der Waals surface area contributed by atoms with Gasteiger partial charge in [0.1, 0.15) is 0 Å². The quantitative estimate of drug-likeness (QED) is 0.874. The number of carboxylic acid groups (broad SMARTS) is 1. The van der Waals surface area contributed by atoms with Crippen LogP contribution < -0.4 is 0 Å². The number of aliphatic carboxylic acids is 1. The van der Waals surface area contributed by atoms with Crippen molar-refractivity contribution in [3.8, 4) is 0 Å². The lowest BCUT2D eigenvalue weighted by molar-refractivity contribution is -0.143. The molecule has 0 radical (unpaired) electrons. The third-order valence-corrected chi connectivity index (χ3v) is 3.99. The summed E-state index contributed by atoms with van der Waals surface area (Å²) in [6.45, 7) is 4.53. The highest BCUT2D eigenvalue weighted by atomic mass is 32.1. The van der Waals surface area contributed by atoms with Crippen LogP contribution in [0.4, 0.5) is 0 Å². The van der Waals surface area contributed by atoms with E-state index in [4.69, 9.17) is 5.11 Å². The molecule has 1 aliphatic rings. The van der Waals surface area contributed by atoms with E-state index in [-0.39, 0.29) is 5.92 Å². The molecule has 0 saturated carbocycles. The normalized spacial score (nSPS) is 22.2. The second-order valence-electron chi connectivity index (χ2n) is 4.27. The summed E-state index contributed by atoms with van der Waals surface area (Å²) in [4.78, 5) is 18.6. The molecule has 5 heteroatoms. The Hall–Kier alpha value is -0.940. The van der Waals surface area contributed by atoms with Crippen molar-refractivity contribution in [1.29, 1.82) is 0 Å². The second-order valence-corrected chi connectivity index (χ2v) is 5.21. The van der Waals surface area contributed by atoms with Gasteiger partial charge in [0, 0.05) is 18.0 Å². The van der Waals surface area contributed by atoms with E-state index in [1.165, 1.54) is 4.88 Å². The van der Waals surface area contributed by atoms with Gasteiger partial charge < -0.3 is 5.11 Å². The van der Waals surface area contributed by atoms with E-state index in [0.29, 0.717) is 6.54 Å². The molecule has 1 atom stereocenters. The van der Waals surface area contributed by atoms with E-state index in [9.17, 15) is 4.79 Å². The number of likely N-dealkylation sites (tertiary alicyclic amines) is 1. The Kier molecular flexibility index (Phi) is 3.56. The first kappa shape index (κ1) is 11.5. The second kappa shape index (κ2) is 4.93. The summed E-state index contributed by atoms with van der Waals surface area (Å²) in [7, 11) is 0. The highest BCUT2D eigenvalue weighted by Crippen LogP contribution is 2.21. The fourth-order valence-corrected chi connectivity index (χ4v) is 2.90. The van der Waals surface area contributed by atoms with Crippen molar-refractivity contribution >= 4 is 17.3 Å². The van der Waals surface area contributed by atoms with E-state index < -0.39 is 5.97 Å². The van der Waals surface area contributed by atoms with Crippen LogP contribution in [0.2, 0.25) is 0 Å². The van der Waals surface area contributed by atoms with Gasteiger partial charge in [-0.05, 0) is 26.3 Å². The molecule has 1 saturated heterocycles. The Bertz CT molecular complexity index is 378. The molecule has 1 aromatic rings. The van der Waals surface area contributed by atoms with Crippen LogP contribution >= 0.6 is 11.3 Å². The summed E-state index contributed by atoms with van der Waals surface area (Å²) in [5.41, 5.74) is 2.92. The maximum Gasteiger partial charge on any atom is 0.307 e. The average Bonchev–Trinajstić information content (AvgIpc) is 2.65. The monoisotopic (exact) mass is 240 g/mol. The van der Waals surface area contributed by atoms with Gasteiger partial charge in [0.25, 0.3) is 0 Å². The third kappa shape index (κ3) is 2.59. The first-order valence-electron chi connectivity index (χ1n) is 5.51. The van der Waals surface area contributed by atoms with Crippen LogP contribution in [0.3, 0.4) is 0 Å². The number of rotatable bonds is 3. The van der Waals surface area contributed by atoms with Crippen molar-refractivity contribution in [1.82, 2.24) is 9.88 Å². The molecule has 0 aliphatic carbocycles. The molecule has 0 amide bonds. The van der Waals surface area contributed by atoms with Gasteiger partial charge in [0.05, 0.1) is 17.1 Å². The van der Waals surface area contributed by atoms with Crippen molar-refractivity contribution in [2.75, 3.05) is 13.1 Å². The number of carboxylic acids is 1. The number of carbonyl (C=O) groups is 1. The Morgan fingerprint density at radius 2 is 2.56 bits per heavy atom. The van der Waals surface area contributed by atoms with Gasteiger partial charge in [0.15, 0.2) is 0 Å². The third-order valence-electron chi connectivity index (χ3n) is 3.07. The van der Waals surface area contributed by atoms with Crippen LogP contribution in [0, 0.1) is 12.8 Å². The van der Waals surface area contributed by atoms with Crippen molar-refractivity contribution in [3.63, 3.8) is 0 Å². The minimum atomic E-state index is -0.661. The van der Waals surface area contributed by atoms with Crippen LogP contribution in [-0.2, 0) is 11.3 Å². The number of aryl methyl sites for hydroxylation is 1. The summed E-state index contributed by atoms with van der Waals surface area (Å²) in [6, 6.07) is 0. The molecule has 0 spiro atoms. The zero-order valence-electron chi connectivity index (χ0n) is 9.35. The number of aromatic nitrogens is 1. The first-order valence-corrected chi connectivity index (χ1v) is 6.39. The van der Waals surface area contributed by atoms with Crippen LogP contribution in [0.25, 0.3) is 0 Å². The summed E-state index contributed by atoms with van der Waals surface area (Å²) in [5, 5.41) is 9.00. The van der Waals surface area contributed by atoms with Gasteiger partial charge in [-0.3, -0.25) is 9.69 Å². The largest absolute Gasteiger partial charge is 0.481 e. The molecule has 1 N–H and O–H groups in total. The fraction of sp³-hybridized carbons (Fsp3) is 0.636. The molecular formula is C11H16N2O2S. The topological polar surface area (TPSA) is 53.4 Å². The fourth-order valence-electron chi connectivity index (χ4n) is 2.08. The summed E-state index contributed by atoms with van der Waals surface area (Å²) >= 11 is 1.65. The number of hydrogen-bond donors (Lipinski definition) is 1. The van der Waals surface area contributed by atoms with E-state index >= 15 is 0 Å². The zero-order chi connectivity index (χ0) is 11.5. The number of nitrogens with zero attached hydrogens (tertiary/aromatic N) is 2. The van der Waals surface area contributed by atoms with Crippen molar-refractivity contribution in [2.24, 2.45) is 5.92 Å². The molecular weight excluding hydrogens is 224 g/mol. The Labute approximate surface area is 98.9 Å². The Morgan fingerprint density at radius 1 is 1.75 bits per heavy atom. The van der Waals surface area contributed by atoms with Gasteiger partial charge in [-0.2, -0.15) is 0 Å². The number of thiazole rings is 1. The van der Waals surface area contributed by atoms with Crippen molar-refractivity contribution in [3.05, 3.63) is 16.1 Å². The maximum absolute atomic E-state index is 10.9. The number of piperidine rings is 1. The standard InChI is InChI=1S/C11H16N2O2S/c1-8-10(16-7-12-8)6-13-4-2-3-9(5-13)11(14)15/h7,9H,2-6H2,1H3,(H,14,15). The molecule has 88 valence electrons. The summed E-state index contributed by atoms with van der Waals surface area (Å²) in [6.07, 6.45) is 1.79. The van der Waals surface area contributed by atoms with Gasteiger partial charge in [-0.15, -0.1) is 11.3 Å². The minimum absolute atomic E-state index is 0.193. The van der Waals surface area contributed by atoms with Gasteiger partial charge in [0.2, 0.25) is 0 Å². The molecule has 0 bridgehead atoms. The van der Waals surface area contributed by atoms with Crippen molar-refractivity contribution < 1.29 is 9.90 Å². The highest BCUT2D eigenvalue weighted by molar-refractivity contribution is 7.09. The summed E-state index contributed by atoms with van der Waals surface area (Å²) < 4.78 is 0. The lowest BCUT2D eigenvalue weighted by Crippen LogP contribution is -2.38. The molecule has 2 rings (SSSR count). The molecule has 1 aliphatic heterocycles. The molecule has 0 aromatic carbocycles. The van der Waals surface area contributed by atoms with Crippen LogP contribution in [-0.4, -0.2) is 34.0 Å². The van der Waals surface area contributed by atoms with E-state index in [1.54, 1.807) is 11.3 Å². The van der Waals surface area contributed by atoms with E-state index in [0.717, 1.165) is 31.6 Å². The predicted molar refractivity (Wildman–Crippen MR) is 62.5 cm³/mol. The smallest absolute Gasteiger partial charge is 0.307 e. The van der Waals surface area contributed by atoms with Gasteiger partial charge in [-0.25, -0.2) is 4.98 Å². The van der Waals surface area contributed by atoms with Gasteiger partial charge in [-0.1, -0.05) is 0 Å². The Balaban J connectivity index is 1.95. The molecule has 1 fully saturated rings. The highest BCUT2D eigenvalue weighted by Gasteiger charge is 2.25. The van der Waals surface area contributed by atoms with Crippen LogP contribution in [0.5, 0.6) is 0 Å². The molecule has 16 heavy (non-hydrogen) atoms.